The predicted octanol–water partition coefficient (Wildman–Crippen LogP) is 4.46. The van der Waals surface area contributed by atoms with E-state index in [1.165, 1.54) is 12.6 Å². The van der Waals surface area contributed by atoms with Crippen LogP contribution in [0.25, 0.3) is 0 Å². The largest absolute Gasteiger partial charge is 0.508 e. The Balaban J connectivity index is 2.23. The van der Waals surface area contributed by atoms with Crippen LogP contribution in [0.1, 0.15) is 47.6 Å². The van der Waals surface area contributed by atoms with Gasteiger partial charge in [0.25, 0.3) is 0 Å². The third kappa shape index (κ3) is 5.10. The van der Waals surface area contributed by atoms with Crippen molar-refractivity contribution in [2.45, 2.75) is 40.0 Å². The van der Waals surface area contributed by atoms with E-state index in [1.54, 1.807) is 6.07 Å². The third-order valence-corrected chi connectivity index (χ3v) is 5.70. The maximum Gasteiger partial charge on any atom is 0.303 e. The van der Waals surface area contributed by atoms with Crippen molar-refractivity contribution in [3.63, 3.8) is 0 Å². The van der Waals surface area contributed by atoms with Crippen LogP contribution in [0.4, 0.5) is 0 Å². The molecule has 0 saturated carbocycles. The van der Waals surface area contributed by atoms with Crippen molar-refractivity contribution >= 4 is 7.52 Å². The molecule has 0 fully saturated rings. The van der Waals surface area contributed by atoms with Gasteiger partial charge >= 0.3 is 7.52 Å². The number of ether oxygens (including phenoxy) is 1. The van der Waals surface area contributed by atoms with Gasteiger partial charge in [0, 0.05) is 0 Å². The van der Waals surface area contributed by atoms with E-state index in [0.29, 0.717) is 11.5 Å². The number of phenolic OH excluding ortho intramolecular Hbond substituents is 1. The molecule has 2 rings (SSSR count). The van der Waals surface area contributed by atoms with E-state index in [9.17, 15) is 14.6 Å². The maximum atomic E-state index is 11.6. The van der Waals surface area contributed by atoms with E-state index < -0.39 is 7.52 Å². The molecule has 5 nitrogen and oxygen atoms in total. The van der Waals surface area contributed by atoms with Crippen molar-refractivity contribution in [2.24, 2.45) is 0 Å². The summed E-state index contributed by atoms with van der Waals surface area (Å²) in [5, 5.41) is 12.4. The number of hydrogen-bond donors (Lipinski definition) is 3. The van der Waals surface area contributed by atoms with Crippen LogP contribution in [-0.4, -0.2) is 23.4 Å². The van der Waals surface area contributed by atoms with Crippen LogP contribution in [0, 0.1) is 13.8 Å². The van der Waals surface area contributed by atoms with Gasteiger partial charge in [-0.05, 0) is 79.3 Å². The van der Waals surface area contributed by atoms with Crippen LogP contribution < -0.4 is 9.82 Å². The van der Waals surface area contributed by atoms with Gasteiger partial charge in [0.1, 0.15) is 11.5 Å². The predicted molar refractivity (Wildman–Crippen MR) is 105 cm³/mol. The summed E-state index contributed by atoms with van der Waals surface area (Å²) >= 11 is 0. The lowest BCUT2D eigenvalue weighted by Gasteiger charge is -2.16. The van der Waals surface area contributed by atoms with Crippen molar-refractivity contribution < 1.29 is 19.3 Å². The SMILES string of the molecule is CNP(=O)(O)COc1cc(C)c(Cc2ccc(O)c(C(C)C)c2)c(C)c1. The summed E-state index contributed by atoms with van der Waals surface area (Å²) in [5.74, 6) is 1.18. The average Bonchev–Trinajstić information content (AvgIpc) is 2.57. The average molecular weight is 377 g/mol. The number of benzene rings is 2. The van der Waals surface area contributed by atoms with Gasteiger partial charge in [0.15, 0.2) is 6.35 Å². The zero-order valence-electron chi connectivity index (χ0n) is 16.0. The Morgan fingerprint density at radius 3 is 2.31 bits per heavy atom. The van der Waals surface area contributed by atoms with Gasteiger partial charge < -0.3 is 14.7 Å². The molecule has 0 aliphatic heterocycles. The molecule has 2 aromatic carbocycles. The minimum atomic E-state index is -3.45. The molecule has 0 aliphatic rings. The lowest BCUT2D eigenvalue weighted by Crippen LogP contribution is -2.10. The first-order chi connectivity index (χ1) is 12.1. The molecule has 142 valence electrons. The van der Waals surface area contributed by atoms with Gasteiger partial charge in [0.2, 0.25) is 0 Å². The summed E-state index contributed by atoms with van der Waals surface area (Å²) in [4.78, 5) is 9.56. The molecule has 0 aliphatic carbocycles. The summed E-state index contributed by atoms with van der Waals surface area (Å²) < 4.78 is 17.1. The molecule has 0 heterocycles. The first-order valence-corrected chi connectivity index (χ1v) is 10.5. The van der Waals surface area contributed by atoms with Crippen LogP contribution in [0.5, 0.6) is 11.5 Å². The normalized spacial score (nSPS) is 13.7. The fourth-order valence-electron chi connectivity index (χ4n) is 2.92. The second kappa shape index (κ2) is 8.26. The van der Waals surface area contributed by atoms with Crippen LogP contribution in [0.3, 0.4) is 0 Å². The van der Waals surface area contributed by atoms with Crippen molar-refractivity contribution in [3.05, 3.63) is 58.1 Å². The molecule has 3 N–H and O–H groups in total. The molecule has 0 radical (unpaired) electrons. The number of rotatable bonds is 7. The van der Waals surface area contributed by atoms with E-state index in [-0.39, 0.29) is 12.3 Å². The smallest absolute Gasteiger partial charge is 0.303 e. The van der Waals surface area contributed by atoms with Gasteiger partial charge in [0.05, 0.1) is 0 Å². The van der Waals surface area contributed by atoms with Crippen molar-refractivity contribution in [1.82, 2.24) is 5.09 Å². The molecule has 0 spiro atoms. The summed E-state index contributed by atoms with van der Waals surface area (Å²) in [6.07, 6.45) is 0.490. The van der Waals surface area contributed by atoms with Gasteiger partial charge in [-0.2, -0.15) is 0 Å². The number of aromatic hydroxyl groups is 1. The first kappa shape index (κ1) is 20.5. The van der Waals surface area contributed by atoms with Crippen LogP contribution in [0.2, 0.25) is 0 Å². The van der Waals surface area contributed by atoms with E-state index >= 15 is 0 Å². The lowest BCUT2D eigenvalue weighted by molar-refractivity contribution is 0.345. The highest BCUT2D eigenvalue weighted by molar-refractivity contribution is 7.55. The molecule has 0 amide bonds. The lowest BCUT2D eigenvalue weighted by atomic mass is 9.93. The van der Waals surface area contributed by atoms with Crippen LogP contribution in [-0.2, 0) is 11.0 Å². The molecule has 0 bridgehead atoms. The summed E-state index contributed by atoms with van der Waals surface area (Å²) in [6.45, 7) is 8.14. The zero-order valence-corrected chi connectivity index (χ0v) is 16.9. The van der Waals surface area contributed by atoms with E-state index in [2.05, 4.69) is 25.0 Å². The van der Waals surface area contributed by atoms with E-state index in [1.807, 2.05) is 32.0 Å². The van der Waals surface area contributed by atoms with E-state index in [4.69, 9.17) is 4.74 Å². The van der Waals surface area contributed by atoms with Crippen molar-refractivity contribution in [1.29, 1.82) is 0 Å². The fourth-order valence-corrected chi connectivity index (χ4v) is 3.38. The van der Waals surface area contributed by atoms with Crippen molar-refractivity contribution in [2.75, 3.05) is 13.4 Å². The van der Waals surface area contributed by atoms with Gasteiger partial charge in [-0.1, -0.05) is 26.0 Å². The Bertz CT molecular complexity index is 810. The highest BCUT2D eigenvalue weighted by atomic mass is 31.2. The van der Waals surface area contributed by atoms with Gasteiger partial charge in [-0.3, -0.25) is 4.57 Å². The summed E-state index contributed by atoms with van der Waals surface area (Å²) in [5.41, 5.74) is 5.41. The second-order valence-electron chi connectivity index (χ2n) is 6.96. The molecule has 6 heteroatoms. The standard InChI is InChI=1S/C20H28NO4P/c1-13(2)18-10-16(6-7-20(18)22)11-19-14(3)8-17(9-15(19)4)25-12-26(23,24)21-5/h6-10,13,22H,11-12H2,1-5H3,(H2,21,23,24). The highest BCUT2D eigenvalue weighted by Gasteiger charge is 2.17. The number of nitrogens with one attached hydrogen (secondary N) is 1. The van der Waals surface area contributed by atoms with Crippen LogP contribution in [0.15, 0.2) is 30.3 Å². The summed E-state index contributed by atoms with van der Waals surface area (Å²) in [6, 6.07) is 9.53. The minimum Gasteiger partial charge on any atom is -0.508 e. The highest BCUT2D eigenvalue weighted by Crippen LogP contribution is 2.35. The number of aryl methyl sites for hydroxylation is 2. The molecule has 1 unspecified atom stereocenters. The fraction of sp³-hybridized carbons (Fsp3) is 0.400. The van der Waals surface area contributed by atoms with Gasteiger partial charge in [-0.25, -0.2) is 5.09 Å². The topological polar surface area (TPSA) is 78.8 Å². The van der Waals surface area contributed by atoms with Crippen molar-refractivity contribution in [3.8, 4) is 11.5 Å². The Morgan fingerprint density at radius 2 is 1.77 bits per heavy atom. The quantitative estimate of drug-likeness (QED) is 0.621. The number of phenols is 1. The second-order valence-corrected chi connectivity index (χ2v) is 9.07. The molecular formula is C20H28NO4P. The first-order valence-electron chi connectivity index (χ1n) is 8.68. The molecular weight excluding hydrogens is 349 g/mol. The minimum absolute atomic E-state index is 0.259. The monoisotopic (exact) mass is 377 g/mol. The zero-order chi connectivity index (χ0) is 19.5. The molecule has 0 aromatic heterocycles. The Hall–Kier alpha value is -1.81. The molecule has 2 aromatic rings. The molecule has 1 atom stereocenters. The van der Waals surface area contributed by atoms with Gasteiger partial charge in [-0.15, -0.1) is 0 Å². The maximum absolute atomic E-state index is 11.6. The molecule has 26 heavy (non-hydrogen) atoms. The third-order valence-electron chi connectivity index (χ3n) is 4.52. The number of hydrogen-bond acceptors (Lipinski definition) is 3. The Morgan fingerprint density at radius 1 is 1.15 bits per heavy atom. The molecule has 0 saturated heterocycles. The van der Waals surface area contributed by atoms with Crippen LogP contribution >= 0.6 is 7.52 Å². The Kier molecular flexibility index (Phi) is 6.51. The van der Waals surface area contributed by atoms with E-state index in [0.717, 1.165) is 28.7 Å². The summed E-state index contributed by atoms with van der Waals surface area (Å²) in [7, 11) is -2.01. The Labute approximate surface area is 155 Å².